The van der Waals surface area contributed by atoms with E-state index in [1.54, 1.807) is 12.3 Å². The lowest BCUT2D eigenvalue weighted by Gasteiger charge is -1.96. The second kappa shape index (κ2) is 2.44. The lowest BCUT2D eigenvalue weighted by molar-refractivity contribution is 0.112. The zero-order valence-electron chi connectivity index (χ0n) is 6.69. The van der Waals surface area contributed by atoms with Crippen LogP contribution in [0.1, 0.15) is 16.1 Å². The van der Waals surface area contributed by atoms with Crippen molar-refractivity contribution in [2.24, 2.45) is 0 Å². The molecule has 3 nitrogen and oxygen atoms in total. The highest BCUT2D eigenvalue weighted by molar-refractivity contribution is 5.84. The van der Waals surface area contributed by atoms with E-state index in [9.17, 15) is 4.79 Å². The average molecular weight is 160 g/mol. The summed E-state index contributed by atoms with van der Waals surface area (Å²) in [5.74, 6) is 0. The average Bonchev–Trinajstić information content (AvgIpc) is 2.48. The predicted molar refractivity (Wildman–Crippen MR) is 45.3 cm³/mol. The molecule has 2 heterocycles. The summed E-state index contributed by atoms with van der Waals surface area (Å²) >= 11 is 0. The number of carbonyl (C=O) groups is 1. The van der Waals surface area contributed by atoms with Gasteiger partial charge >= 0.3 is 0 Å². The number of carbonyl (C=O) groups excluding carboxylic acids is 1. The van der Waals surface area contributed by atoms with Gasteiger partial charge in [0.1, 0.15) is 5.65 Å². The number of pyridine rings is 1. The first kappa shape index (κ1) is 7.03. The van der Waals surface area contributed by atoms with Gasteiger partial charge in [0.2, 0.25) is 0 Å². The normalized spacial score (nSPS) is 10.4. The van der Waals surface area contributed by atoms with E-state index in [-0.39, 0.29) is 0 Å². The SMILES string of the molecule is Cc1cnc2c(C=O)cccn12. The summed E-state index contributed by atoms with van der Waals surface area (Å²) in [6, 6.07) is 3.60. The van der Waals surface area contributed by atoms with E-state index < -0.39 is 0 Å². The molecule has 0 bridgehead atoms. The molecule has 0 amide bonds. The molecule has 0 N–H and O–H groups in total. The van der Waals surface area contributed by atoms with E-state index in [1.165, 1.54) is 0 Å². The van der Waals surface area contributed by atoms with Crippen LogP contribution in [0, 0.1) is 6.92 Å². The highest BCUT2D eigenvalue weighted by atomic mass is 16.1. The third-order valence-electron chi connectivity index (χ3n) is 1.88. The minimum atomic E-state index is 0.630. The summed E-state index contributed by atoms with van der Waals surface area (Å²) in [5.41, 5.74) is 2.39. The Balaban J connectivity index is 2.89. The van der Waals surface area contributed by atoms with Gasteiger partial charge in [-0.2, -0.15) is 0 Å². The topological polar surface area (TPSA) is 34.4 Å². The lowest BCUT2D eigenvalue weighted by atomic mass is 10.3. The summed E-state index contributed by atoms with van der Waals surface area (Å²) in [6.45, 7) is 1.95. The van der Waals surface area contributed by atoms with Crippen molar-refractivity contribution in [1.82, 2.24) is 9.38 Å². The molecule has 0 aliphatic heterocycles. The van der Waals surface area contributed by atoms with Gasteiger partial charge in [0.05, 0.1) is 5.56 Å². The number of hydrogen-bond donors (Lipinski definition) is 0. The Bertz CT molecular complexity index is 431. The fourth-order valence-electron chi connectivity index (χ4n) is 1.25. The Morgan fingerprint density at radius 1 is 1.58 bits per heavy atom. The van der Waals surface area contributed by atoms with Crippen LogP contribution in [0.3, 0.4) is 0 Å². The number of imidazole rings is 1. The molecule has 0 atom stereocenters. The minimum absolute atomic E-state index is 0.630. The second-order valence-electron chi connectivity index (χ2n) is 2.67. The van der Waals surface area contributed by atoms with Crippen LogP contribution in [-0.4, -0.2) is 15.7 Å². The van der Waals surface area contributed by atoms with E-state index in [0.717, 1.165) is 17.6 Å². The van der Waals surface area contributed by atoms with Crippen LogP contribution < -0.4 is 0 Å². The summed E-state index contributed by atoms with van der Waals surface area (Å²) in [4.78, 5) is 14.7. The van der Waals surface area contributed by atoms with Crippen molar-refractivity contribution in [3.05, 3.63) is 35.8 Å². The maximum atomic E-state index is 10.6. The van der Waals surface area contributed by atoms with Crippen molar-refractivity contribution in [3.63, 3.8) is 0 Å². The van der Waals surface area contributed by atoms with Crippen LogP contribution >= 0.6 is 0 Å². The Morgan fingerprint density at radius 3 is 3.17 bits per heavy atom. The third-order valence-corrected chi connectivity index (χ3v) is 1.88. The van der Waals surface area contributed by atoms with Gasteiger partial charge in [-0.1, -0.05) is 0 Å². The first-order chi connectivity index (χ1) is 5.83. The van der Waals surface area contributed by atoms with Crippen LogP contribution in [0.2, 0.25) is 0 Å². The molecule has 0 aliphatic rings. The number of fused-ring (bicyclic) bond motifs is 1. The molecule has 0 saturated heterocycles. The number of hydrogen-bond acceptors (Lipinski definition) is 2. The van der Waals surface area contributed by atoms with Gasteiger partial charge in [0.15, 0.2) is 6.29 Å². The molecule has 2 rings (SSSR count). The van der Waals surface area contributed by atoms with Crippen molar-refractivity contribution in [3.8, 4) is 0 Å². The number of aryl methyl sites for hydroxylation is 1. The molecule has 0 spiro atoms. The lowest BCUT2D eigenvalue weighted by Crippen LogP contribution is -1.90. The molecule has 0 aromatic carbocycles. The van der Waals surface area contributed by atoms with E-state index in [1.807, 2.05) is 23.6 Å². The molecular weight excluding hydrogens is 152 g/mol. The third kappa shape index (κ3) is 0.830. The monoisotopic (exact) mass is 160 g/mol. The molecule has 0 aliphatic carbocycles. The number of nitrogens with zero attached hydrogens (tertiary/aromatic N) is 2. The van der Waals surface area contributed by atoms with Crippen LogP contribution in [0.15, 0.2) is 24.5 Å². The highest BCUT2D eigenvalue weighted by Crippen LogP contribution is 2.08. The standard InChI is InChI=1S/C9H8N2O/c1-7-5-10-9-8(6-12)3-2-4-11(7)9/h2-6H,1H3. The molecule has 2 aromatic rings. The van der Waals surface area contributed by atoms with Crippen molar-refractivity contribution in [2.45, 2.75) is 6.92 Å². The smallest absolute Gasteiger partial charge is 0.153 e. The number of aromatic nitrogens is 2. The molecule has 0 saturated carbocycles. The Hall–Kier alpha value is -1.64. The first-order valence-corrected chi connectivity index (χ1v) is 3.71. The molecule has 12 heavy (non-hydrogen) atoms. The van der Waals surface area contributed by atoms with Crippen molar-refractivity contribution in [1.29, 1.82) is 0 Å². The van der Waals surface area contributed by atoms with Gasteiger partial charge in [0.25, 0.3) is 0 Å². The Labute approximate surface area is 69.7 Å². The molecule has 0 fully saturated rings. The van der Waals surface area contributed by atoms with E-state index in [2.05, 4.69) is 4.98 Å². The zero-order valence-corrected chi connectivity index (χ0v) is 6.69. The zero-order chi connectivity index (χ0) is 8.55. The molecule has 2 aromatic heterocycles. The minimum Gasteiger partial charge on any atom is -0.304 e. The fraction of sp³-hybridized carbons (Fsp3) is 0.111. The van der Waals surface area contributed by atoms with Gasteiger partial charge in [-0.15, -0.1) is 0 Å². The van der Waals surface area contributed by atoms with E-state index >= 15 is 0 Å². The predicted octanol–water partition coefficient (Wildman–Crippen LogP) is 1.46. The van der Waals surface area contributed by atoms with Gasteiger partial charge in [-0.05, 0) is 19.1 Å². The Morgan fingerprint density at radius 2 is 2.42 bits per heavy atom. The van der Waals surface area contributed by atoms with Crippen LogP contribution in [-0.2, 0) is 0 Å². The van der Waals surface area contributed by atoms with Crippen LogP contribution in [0.4, 0.5) is 0 Å². The van der Waals surface area contributed by atoms with E-state index in [4.69, 9.17) is 0 Å². The number of aldehydes is 1. The van der Waals surface area contributed by atoms with Gasteiger partial charge in [0, 0.05) is 18.1 Å². The molecule has 60 valence electrons. The maximum Gasteiger partial charge on any atom is 0.153 e. The van der Waals surface area contributed by atoms with Crippen molar-refractivity contribution >= 4 is 11.9 Å². The van der Waals surface area contributed by atoms with Crippen LogP contribution in [0.25, 0.3) is 5.65 Å². The largest absolute Gasteiger partial charge is 0.304 e. The van der Waals surface area contributed by atoms with Gasteiger partial charge in [-0.25, -0.2) is 4.98 Å². The summed E-state index contributed by atoms with van der Waals surface area (Å²) in [7, 11) is 0. The highest BCUT2D eigenvalue weighted by Gasteiger charge is 2.01. The fourth-order valence-corrected chi connectivity index (χ4v) is 1.25. The maximum absolute atomic E-state index is 10.6. The molecular formula is C9H8N2O. The van der Waals surface area contributed by atoms with Gasteiger partial charge < -0.3 is 4.40 Å². The summed E-state index contributed by atoms with van der Waals surface area (Å²) in [6.07, 6.45) is 4.47. The molecule has 0 radical (unpaired) electrons. The van der Waals surface area contributed by atoms with E-state index in [0.29, 0.717) is 5.56 Å². The Kier molecular flexibility index (Phi) is 1.43. The van der Waals surface area contributed by atoms with Crippen LogP contribution in [0.5, 0.6) is 0 Å². The molecule has 0 unspecified atom stereocenters. The second-order valence-corrected chi connectivity index (χ2v) is 2.67. The first-order valence-electron chi connectivity index (χ1n) is 3.71. The van der Waals surface area contributed by atoms with Crippen molar-refractivity contribution in [2.75, 3.05) is 0 Å². The quantitative estimate of drug-likeness (QED) is 0.592. The summed E-state index contributed by atoms with van der Waals surface area (Å²) < 4.78 is 1.89. The summed E-state index contributed by atoms with van der Waals surface area (Å²) in [5, 5.41) is 0. The number of rotatable bonds is 1. The van der Waals surface area contributed by atoms with Gasteiger partial charge in [-0.3, -0.25) is 4.79 Å². The molecule has 3 heteroatoms. The van der Waals surface area contributed by atoms with Crippen molar-refractivity contribution < 1.29 is 4.79 Å².